The number of rotatable bonds is 6. The minimum absolute atomic E-state index is 0.0831. The lowest BCUT2D eigenvalue weighted by molar-refractivity contribution is -0.145. The van der Waals surface area contributed by atoms with Crippen molar-refractivity contribution < 1.29 is 22.7 Å². The van der Waals surface area contributed by atoms with Crippen LogP contribution in [-0.4, -0.2) is 31.9 Å². The van der Waals surface area contributed by atoms with Crippen LogP contribution in [0, 0.1) is 0 Å². The number of amides is 2. The standard InChI is InChI=1S/C15H22N2O5S/c1-10(2)22-15(4,5)14(19)17-23(20,21)13-8-6-12(7-9-13)16-11(3)18/h6-10H,1-5H3,(H,16,18)(H,17,19). The van der Waals surface area contributed by atoms with Crippen molar-refractivity contribution >= 4 is 27.5 Å². The third kappa shape index (κ3) is 5.65. The summed E-state index contributed by atoms with van der Waals surface area (Å²) < 4.78 is 31.9. The second kappa shape index (κ2) is 7.10. The van der Waals surface area contributed by atoms with Crippen LogP contribution in [-0.2, 0) is 24.3 Å². The van der Waals surface area contributed by atoms with Gasteiger partial charge in [-0.15, -0.1) is 0 Å². The molecule has 0 atom stereocenters. The molecule has 0 radical (unpaired) electrons. The minimum atomic E-state index is -4.02. The quantitative estimate of drug-likeness (QED) is 0.818. The molecule has 0 aromatic heterocycles. The van der Waals surface area contributed by atoms with Gasteiger partial charge in [0.2, 0.25) is 5.91 Å². The molecule has 0 aliphatic rings. The summed E-state index contributed by atoms with van der Waals surface area (Å²) in [7, 11) is -4.02. The van der Waals surface area contributed by atoms with Gasteiger partial charge in [0.1, 0.15) is 5.60 Å². The van der Waals surface area contributed by atoms with Gasteiger partial charge in [0.15, 0.2) is 0 Å². The highest BCUT2D eigenvalue weighted by molar-refractivity contribution is 7.90. The first-order valence-corrected chi connectivity index (χ1v) is 8.55. The Hall–Kier alpha value is -1.93. The van der Waals surface area contributed by atoms with Crippen molar-refractivity contribution in [2.45, 2.75) is 51.2 Å². The normalized spacial score (nSPS) is 12.1. The van der Waals surface area contributed by atoms with Crippen LogP contribution in [0.5, 0.6) is 0 Å². The Bertz CT molecular complexity index is 678. The zero-order valence-electron chi connectivity index (χ0n) is 13.8. The van der Waals surface area contributed by atoms with Gasteiger partial charge in [0.05, 0.1) is 11.0 Å². The largest absolute Gasteiger partial charge is 0.363 e. The highest BCUT2D eigenvalue weighted by Gasteiger charge is 2.33. The predicted octanol–water partition coefficient (Wildman–Crippen LogP) is 1.65. The highest BCUT2D eigenvalue weighted by atomic mass is 32.2. The van der Waals surface area contributed by atoms with Crippen molar-refractivity contribution in [3.05, 3.63) is 24.3 Å². The van der Waals surface area contributed by atoms with Crippen LogP contribution in [0.15, 0.2) is 29.2 Å². The van der Waals surface area contributed by atoms with Gasteiger partial charge in [-0.2, -0.15) is 0 Å². The molecule has 7 nitrogen and oxygen atoms in total. The molecule has 0 unspecified atom stereocenters. The number of sulfonamides is 1. The topological polar surface area (TPSA) is 102 Å². The molecule has 8 heteroatoms. The maximum atomic E-state index is 12.2. The second-order valence-corrected chi connectivity index (χ2v) is 7.50. The number of nitrogens with one attached hydrogen (secondary N) is 2. The van der Waals surface area contributed by atoms with E-state index in [0.717, 1.165) is 0 Å². The molecule has 0 saturated heterocycles. The van der Waals surface area contributed by atoms with Crippen LogP contribution in [0.1, 0.15) is 34.6 Å². The van der Waals surface area contributed by atoms with E-state index in [1.54, 1.807) is 13.8 Å². The number of carbonyl (C=O) groups excluding carboxylic acids is 2. The molecule has 1 aromatic carbocycles. The monoisotopic (exact) mass is 342 g/mol. The maximum absolute atomic E-state index is 12.2. The zero-order valence-corrected chi connectivity index (χ0v) is 14.7. The van der Waals surface area contributed by atoms with E-state index < -0.39 is 21.5 Å². The van der Waals surface area contributed by atoms with E-state index >= 15 is 0 Å². The first-order valence-electron chi connectivity index (χ1n) is 7.07. The van der Waals surface area contributed by atoms with Crippen molar-refractivity contribution in [3.63, 3.8) is 0 Å². The Balaban J connectivity index is 2.91. The Morgan fingerprint density at radius 3 is 2.09 bits per heavy atom. The lowest BCUT2D eigenvalue weighted by Gasteiger charge is -2.26. The molecule has 0 spiro atoms. The average molecular weight is 342 g/mol. The summed E-state index contributed by atoms with van der Waals surface area (Å²) in [5.74, 6) is -1.02. The smallest absolute Gasteiger partial charge is 0.265 e. The number of carbonyl (C=O) groups is 2. The molecule has 1 aromatic rings. The van der Waals surface area contributed by atoms with Gasteiger partial charge >= 0.3 is 0 Å². The summed E-state index contributed by atoms with van der Waals surface area (Å²) in [5, 5.41) is 2.53. The van der Waals surface area contributed by atoms with E-state index in [1.165, 1.54) is 45.0 Å². The number of benzene rings is 1. The molecule has 0 heterocycles. The zero-order chi connectivity index (χ0) is 17.8. The van der Waals surface area contributed by atoms with Crippen molar-refractivity contribution in [2.75, 3.05) is 5.32 Å². The average Bonchev–Trinajstić information content (AvgIpc) is 2.36. The van der Waals surface area contributed by atoms with Gasteiger partial charge in [-0.25, -0.2) is 13.1 Å². The van der Waals surface area contributed by atoms with Crippen molar-refractivity contribution in [1.29, 1.82) is 0 Å². The molecule has 0 fully saturated rings. The van der Waals surface area contributed by atoms with E-state index in [0.29, 0.717) is 5.69 Å². The number of hydrogen-bond acceptors (Lipinski definition) is 5. The Labute approximate surface area is 136 Å². The fourth-order valence-corrected chi connectivity index (χ4v) is 2.97. The van der Waals surface area contributed by atoms with Gasteiger partial charge in [-0.1, -0.05) is 0 Å². The maximum Gasteiger partial charge on any atom is 0.265 e. The third-order valence-corrected chi connectivity index (χ3v) is 4.14. The van der Waals surface area contributed by atoms with E-state index in [1.807, 2.05) is 4.72 Å². The number of hydrogen-bond donors (Lipinski definition) is 2. The second-order valence-electron chi connectivity index (χ2n) is 5.82. The molecule has 1 rings (SSSR count). The van der Waals surface area contributed by atoms with E-state index in [2.05, 4.69) is 5.32 Å². The molecular weight excluding hydrogens is 320 g/mol. The first kappa shape index (κ1) is 19.1. The SMILES string of the molecule is CC(=O)Nc1ccc(S(=O)(=O)NC(=O)C(C)(C)OC(C)C)cc1. The highest BCUT2D eigenvalue weighted by Crippen LogP contribution is 2.17. The fourth-order valence-electron chi connectivity index (χ4n) is 1.87. The van der Waals surface area contributed by atoms with Crippen LogP contribution in [0.2, 0.25) is 0 Å². The first-order chi connectivity index (χ1) is 10.4. The molecule has 0 saturated carbocycles. The molecule has 0 aliphatic heterocycles. The van der Waals surface area contributed by atoms with Crippen LogP contribution in [0.25, 0.3) is 0 Å². The summed E-state index contributed by atoms with van der Waals surface area (Å²) in [6.07, 6.45) is -0.226. The predicted molar refractivity (Wildman–Crippen MR) is 86.4 cm³/mol. The summed E-state index contributed by atoms with van der Waals surface area (Å²) in [6.45, 7) is 7.85. The summed E-state index contributed by atoms with van der Waals surface area (Å²) >= 11 is 0. The Morgan fingerprint density at radius 2 is 1.65 bits per heavy atom. The van der Waals surface area contributed by atoms with Crippen molar-refractivity contribution in [2.24, 2.45) is 0 Å². The fraction of sp³-hybridized carbons (Fsp3) is 0.467. The summed E-state index contributed by atoms with van der Waals surface area (Å²) in [5.41, 5.74) is -0.816. The van der Waals surface area contributed by atoms with Gasteiger partial charge in [-0.3, -0.25) is 9.59 Å². The lowest BCUT2D eigenvalue weighted by Crippen LogP contribution is -2.47. The van der Waals surface area contributed by atoms with Crippen molar-refractivity contribution in [1.82, 2.24) is 4.72 Å². The molecule has 128 valence electrons. The van der Waals surface area contributed by atoms with Crippen LogP contribution < -0.4 is 10.0 Å². The Morgan fingerprint density at radius 1 is 1.13 bits per heavy atom. The van der Waals surface area contributed by atoms with Crippen LogP contribution >= 0.6 is 0 Å². The van der Waals surface area contributed by atoms with Gasteiger partial charge in [0.25, 0.3) is 15.9 Å². The van der Waals surface area contributed by atoms with E-state index in [-0.39, 0.29) is 16.9 Å². The minimum Gasteiger partial charge on any atom is -0.363 e. The molecule has 0 bridgehead atoms. The molecule has 2 N–H and O–H groups in total. The van der Waals surface area contributed by atoms with Crippen LogP contribution in [0.4, 0.5) is 5.69 Å². The molecular formula is C15H22N2O5S. The Kier molecular flexibility index (Phi) is 5.90. The van der Waals surface area contributed by atoms with Crippen molar-refractivity contribution in [3.8, 4) is 0 Å². The number of anilines is 1. The third-order valence-electron chi connectivity index (χ3n) is 2.79. The van der Waals surface area contributed by atoms with E-state index in [4.69, 9.17) is 4.74 Å². The molecule has 2 amide bonds. The molecule has 0 aliphatic carbocycles. The molecule has 23 heavy (non-hydrogen) atoms. The lowest BCUT2D eigenvalue weighted by atomic mass is 10.1. The van der Waals surface area contributed by atoms with Crippen LogP contribution in [0.3, 0.4) is 0 Å². The summed E-state index contributed by atoms with van der Waals surface area (Å²) in [6, 6.07) is 5.49. The summed E-state index contributed by atoms with van der Waals surface area (Å²) in [4.78, 5) is 23.0. The van der Waals surface area contributed by atoms with Gasteiger partial charge in [0, 0.05) is 12.6 Å². The van der Waals surface area contributed by atoms with Gasteiger partial charge in [-0.05, 0) is 52.0 Å². The van der Waals surface area contributed by atoms with Gasteiger partial charge < -0.3 is 10.1 Å². The number of ether oxygens (including phenoxy) is 1. The van der Waals surface area contributed by atoms with E-state index in [9.17, 15) is 18.0 Å².